The zero-order chi connectivity index (χ0) is 13.4. The number of hydrogen-bond acceptors (Lipinski definition) is 2. The first-order chi connectivity index (χ1) is 9.15. The summed E-state index contributed by atoms with van der Waals surface area (Å²) in [6.45, 7) is 2.28. The third kappa shape index (κ3) is 3.10. The van der Waals surface area contributed by atoms with Crippen LogP contribution in [0.4, 0.5) is 0 Å². The number of aromatic nitrogens is 1. The standard InChI is InChI=1S/C16H22N2O.ClH/c1-17(10-12-6-7-12)9-8-13-11-18(2)14-4-3-5-15(19)16(13)14;/h3-5,11-12,19H,6-10H2,1-2H3;1H. The topological polar surface area (TPSA) is 28.4 Å². The van der Waals surface area contributed by atoms with E-state index in [4.69, 9.17) is 0 Å². The van der Waals surface area contributed by atoms with E-state index in [9.17, 15) is 5.11 Å². The van der Waals surface area contributed by atoms with Crippen molar-refractivity contribution in [1.29, 1.82) is 0 Å². The first-order valence-corrected chi connectivity index (χ1v) is 7.09. The van der Waals surface area contributed by atoms with Gasteiger partial charge in [0.1, 0.15) is 5.75 Å². The molecule has 1 aromatic carbocycles. The summed E-state index contributed by atoms with van der Waals surface area (Å²) in [6.07, 6.45) is 5.95. The van der Waals surface area contributed by atoms with E-state index >= 15 is 0 Å². The summed E-state index contributed by atoms with van der Waals surface area (Å²) in [5, 5.41) is 11.1. The number of fused-ring (bicyclic) bond motifs is 1. The van der Waals surface area contributed by atoms with Gasteiger partial charge in [0.25, 0.3) is 0 Å². The molecule has 0 amide bonds. The van der Waals surface area contributed by atoms with E-state index in [1.807, 2.05) is 13.1 Å². The van der Waals surface area contributed by atoms with Gasteiger partial charge >= 0.3 is 0 Å². The van der Waals surface area contributed by atoms with E-state index in [2.05, 4.69) is 28.8 Å². The molecule has 4 heteroatoms. The third-order valence-electron chi connectivity index (χ3n) is 4.10. The number of aromatic hydroxyl groups is 1. The van der Waals surface area contributed by atoms with Gasteiger partial charge in [0, 0.05) is 31.7 Å². The maximum Gasteiger partial charge on any atom is 0.125 e. The Bertz CT molecular complexity index is 589. The Balaban J connectivity index is 0.00000147. The second-order valence-electron chi connectivity index (χ2n) is 5.89. The highest BCUT2D eigenvalue weighted by molar-refractivity contribution is 5.89. The van der Waals surface area contributed by atoms with Gasteiger partial charge < -0.3 is 14.6 Å². The summed E-state index contributed by atoms with van der Waals surface area (Å²) in [7, 11) is 4.24. The zero-order valence-corrected chi connectivity index (χ0v) is 13.0. The number of halogens is 1. The summed E-state index contributed by atoms with van der Waals surface area (Å²) in [5.74, 6) is 1.34. The maximum atomic E-state index is 10.1. The monoisotopic (exact) mass is 294 g/mol. The molecule has 0 atom stereocenters. The minimum absolute atomic E-state index is 0. The molecule has 1 aliphatic rings. The highest BCUT2D eigenvalue weighted by Gasteiger charge is 2.22. The molecule has 3 rings (SSSR count). The Labute approximate surface area is 126 Å². The second-order valence-corrected chi connectivity index (χ2v) is 5.89. The Morgan fingerprint density at radius 1 is 1.35 bits per heavy atom. The molecule has 0 spiro atoms. The molecule has 0 aliphatic heterocycles. The number of rotatable bonds is 5. The number of nitrogens with zero attached hydrogens (tertiary/aromatic N) is 2. The summed E-state index contributed by atoms with van der Waals surface area (Å²) in [6, 6.07) is 5.74. The van der Waals surface area contributed by atoms with Crippen molar-refractivity contribution in [1.82, 2.24) is 9.47 Å². The Kier molecular flexibility index (Phi) is 4.61. The molecule has 110 valence electrons. The largest absolute Gasteiger partial charge is 0.507 e. The lowest BCUT2D eigenvalue weighted by Crippen LogP contribution is -2.23. The molecule has 1 fully saturated rings. The van der Waals surface area contributed by atoms with Gasteiger partial charge in [-0.25, -0.2) is 0 Å². The molecule has 0 bridgehead atoms. The molecule has 1 aliphatic carbocycles. The second kappa shape index (κ2) is 6.06. The van der Waals surface area contributed by atoms with Crippen LogP contribution in [0.5, 0.6) is 5.75 Å². The van der Waals surface area contributed by atoms with Crippen LogP contribution in [0.3, 0.4) is 0 Å². The van der Waals surface area contributed by atoms with Crippen molar-refractivity contribution in [3.05, 3.63) is 30.0 Å². The van der Waals surface area contributed by atoms with Crippen LogP contribution in [0.2, 0.25) is 0 Å². The number of aryl methyl sites for hydroxylation is 1. The lowest BCUT2D eigenvalue weighted by atomic mass is 10.1. The molecule has 0 radical (unpaired) electrons. The number of likely N-dealkylation sites (N-methyl/N-ethyl adjacent to an activating group) is 1. The minimum atomic E-state index is 0. The van der Waals surface area contributed by atoms with Crippen LogP contribution in [0.15, 0.2) is 24.4 Å². The van der Waals surface area contributed by atoms with E-state index < -0.39 is 0 Å². The first-order valence-electron chi connectivity index (χ1n) is 7.09. The zero-order valence-electron chi connectivity index (χ0n) is 12.2. The van der Waals surface area contributed by atoms with Gasteiger partial charge in [0.05, 0.1) is 5.52 Å². The molecule has 0 unspecified atom stereocenters. The van der Waals surface area contributed by atoms with Gasteiger partial charge in [0.15, 0.2) is 0 Å². The van der Waals surface area contributed by atoms with E-state index in [1.165, 1.54) is 24.9 Å². The van der Waals surface area contributed by atoms with Gasteiger partial charge in [-0.3, -0.25) is 0 Å². The number of phenols is 1. The molecule has 2 aromatic rings. The number of hydrogen-bond donors (Lipinski definition) is 1. The highest BCUT2D eigenvalue weighted by atomic mass is 35.5. The quantitative estimate of drug-likeness (QED) is 0.917. The van der Waals surface area contributed by atoms with Crippen LogP contribution < -0.4 is 0 Å². The lowest BCUT2D eigenvalue weighted by molar-refractivity contribution is 0.324. The van der Waals surface area contributed by atoms with Crippen molar-refractivity contribution >= 4 is 23.3 Å². The van der Waals surface area contributed by atoms with E-state index in [0.29, 0.717) is 5.75 Å². The highest BCUT2D eigenvalue weighted by Crippen LogP contribution is 2.31. The maximum absolute atomic E-state index is 10.1. The average molecular weight is 295 g/mol. The summed E-state index contributed by atoms with van der Waals surface area (Å²) >= 11 is 0. The fourth-order valence-electron chi connectivity index (χ4n) is 2.85. The molecule has 1 heterocycles. The van der Waals surface area contributed by atoms with Crippen molar-refractivity contribution in [2.24, 2.45) is 13.0 Å². The molecule has 3 nitrogen and oxygen atoms in total. The molecule has 0 saturated heterocycles. The normalized spacial score (nSPS) is 14.8. The molecular formula is C16H23ClN2O. The fourth-order valence-corrected chi connectivity index (χ4v) is 2.85. The number of phenolic OH excluding ortho intramolecular Hbond substituents is 1. The van der Waals surface area contributed by atoms with Crippen LogP contribution in [0.1, 0.15) is 18.4 Å². The summed E-state index contributed by atoms with van der Waals surface area (Å²) in [5.41, 5.74) is 2.36. The van der Waals surface area contributed by atoms with E-state index in [1.54, 1.807) is 6.07 Å². The van der Waals surface area contributed by atoms with Crippen LogP contribution >= 0.6 is 12.4 Å². The van der Waals surface area contributed by atoms with Crippen LogP contribution in [-0.4, -0.2) is 34.7 Å². The molecule has 20 heavy (non-hydrogen) atoms. The smallest absolute Gasteiger partial charge is 0.125 e. The van der Waals surface area contributed by atoms with E-state index in [0.717, 1.165) is 29.8 Å². The Hall–Kier alpha value is -1.19. The van der Waals surface area contributed by atoms with Gasteiger partial charge in [-0.05, 0) is 49.9 Å². The molecule has 1 saturated carbocycles. The molecule has 1 N–H and O–H groups in total. The Morgan fingerprint density at radius 3 is 2.80 bits per heavy atom. The van der Waals surface area contributed by atoms with Crippen molar-refractivity contribution in [3.63, 3.8) is 0 Å². The SMILES string of the molecule is CN(CCc1cn(C)c2cccc(O)c12)CC1CC1.Cl. The van der Waals surface area contributed by atoms with Gasteiger partial charge in [-0.2, -0.15) is 0 Å². The third-order valence-corrected chi connectivity index (χ3v) is 4.10. The van der Waals surface area contributed by atoms with Crippen LogP contribution in [0.25, 0.3) is 10.9 Å². The fraction of sp³-hybridized carbons (Fsp3) is 0.500. The van der Waals surface area contributed by atoms with Gasteiger partial charge in [0.2, 0.25) is 0 Å². The van der Waals surface area contributed by atoms with Crippen LogP contribution in [-0.2, 0) is 13.5 Å². The van der Waals surface area contributed by atoms with E-state index in [-0.39, 0.29) is 12.4 Å². The van der Waals surface area contributed by atoms with Gasteiger partial charge in [-0.1, -0.05) is 6.07 Å². The van der Waals surface area contributed by atoms with Crippen molar-refractivity contribution in [2.75, 3.05) is 20.1 Å². The van der Waals surface area contributed by atoms with Crippen LogP contribution in [0, 0.1) is 5.92 Å². The van der Waals surface area contributed by atoms with Crippen molar-refractivity contribution in [2.45, 2.75) is 19.3 Å². The first kappa shape index (κ1) is 15.2. The predicted octanol–water partition coefficient (Wildman–Crippen LogP) is 3.19. The summed E-state index contributed by atoms with van der Waals surface area (Å²) < 4.78 is 2.10. The molecular weight excluding hydrogens is 272 g/mol. The van der Waals surface area contributed by atoms with Crippen molar-refractivity contribution < 1.29 is 5.11 Å². The summed E-state index contributed by atoms with van der Waals surface area (Å²) in [4.78, 5) is 2.41. The minimum Gasteiger partial charge on any atom is -0.507 e. The lowest BCUT2D eigenvalue weighted by Gasteiger charge is -2.15. The Morgan fingerprint density at radius 2 is 2.10 bits per heavy atom. The van der Waals surface area contributed by atoms with Gasteiger partial charge in [-0.15, -0.1) is 12.4 Å². The predicted molar refractivity (Wildman–Crippen MR) is 85.8 cm³/mol. The number of benzene rings is 1. The molecule has 1 aromatic heterocycles. The van der Waals surface area contributed by atoms with Crippen molar-refractivity contribution in [3.8, 4) is 5.75 Å². The average Bonchev–Trinajstić information content (AvgIpc) is 3.12.